The molecule has 2 aromatic rings. The van der Waals surface area contributed by atoms with Crippen molar-refractivity contribution >= 4 is 17.8 Å². The maximum atomic E-state index is 14.6. The van der Waals surface area contributed by atoms with Gasteiger partial charge in [-0.05, 0) is 37.2 Å². The first kappa shape index (κ1) is 20.3. The lowest BCUT2D eigenvalue weighted by atomic mass is 9.86. The molecule has 160 valence electrons. The monoisotopic (exact) mass is 415 g/mol. The second-order valence-corrected chi connectivity index (χ2v) is 8.95. The Kier molecular flexibility index (Phi) is 5.21. The van der Waals surface area contributed by atoms with Gasteiger partial charge >= 0.3 is 6.09 Å². The summed E-state index contributed by atoms with van der Waals surface area (Å²) in [5.74, 6) is 0.200. The van der Waals surface area contributed by atoms with Gasteiger partial charge in [0.25, 0.3) is 0 Å². The number of nitrogens with zero attached hydrogens (tertiary/aromatic N) is 3. The molecule has 1 aliphatic heterocycles. The minimum absolute atomic E-state index is 0.0728. The zero-order valence-corrected chi connectivity index (χ0v) is 17.2. The highest BCUT2D eigenvalue weighted by molar-refractivity contribution is 5.92. The maximum absolute atomic E-state index is 14.6. The van der Waals surface area contributed by atoms with Crippen LogP contribution in [0.1, 0.15) is 45.4 Å². The van der Waals surface area contributed by atoms with Gasteiger partial charge in [-0.3, -0.25) is 4.79 Å². The smallest absolute Gasteiger partial charge is 0.404 e. The number of amides is 2. The summed E-state index contributed by atoms with van der Waals surface area (Å²) in [4.78, 5) is 32.2. The van der Waals surface area contributed by atoms with Gasteiger partial charge in [0.2, 0.25) is 5.91 Å². The molecule has 1 fully saturated rings. The Morgan fingerprint density at radius 3 is 2.87 bits per heavy atom. The summed E-state index contributed by atoms with van der Waals surface area (Å²) >= 11 is 0. The van der Waals surface area contributed by atoms with E-state index in [2.05, 4.69) is 29.1 Å². The van der Waals surface area contributed by atoms with Gasteiger partial charge in [0.05, 0.1) is 18.1 Å². The molecule has 2 aliphatic rings. The lowest BCUT2D eigenvalue weighted by Gasteiger charge is -2.27. The highest BCUT2D eigenvalue weighted by atomic mass is 19.1. The van der Waals surface area contributed by atoms with Crippen molar-refractivity contribution in [1.29, 1.82) is 0 Å². The van der Waals surface area contributed by atoms with Crippen LogP contribution in [0.4, 0.5) is 15.0 Å². The summed E-state index contributed by atoms with van der Waals surface area (Å²) in [7, 11) is 0. The molecule has 4 rings (SSSR count). The number of rotatable bonds is 4. The van der Waals surface area contributed by atoms with Crippen LogP contribution in [-0.4, -0.2) is 32.6 Å². The summed E-state index contributed by atoms with van der Waals surface area (Å²) in [5.41, 5.74) is 6.20. The van der Waals surface area contributed by atoms with Gasteiger partial charge in [-0.2, -0.15) is 0 Å². The van der Waals surface area contributed by atoms with Crippen molar-refractivity contribution in [2.45, 2.75) is 58.6 Å². The van der Waals surface area contributed by atoms with Gasteiger partial charge < -0.3 is 20.4 Å². The molecule has 0 bridgehead atoms. The Morgan fingerprint density at radius 2 is 2.10 bits per heavy atom. The van der Waals surface area contributed by atoms with Crippen LogP contribution < -0.4 is 11.1 Å². The highest BCUT2D eigenvalue weighted by Crippen LogP contribution is 2.36. The number of nitrogens with one attached hydrogen (secondary N) is 1. The first-order chi connectivity index (χ1) is 14.2. The number of anilines is 1. The molecule has 0 unspecified atom stereocenters. The number of carbonyl (C=O) groups is 2. The molecule has 30 heavy (non-hydrogen) atoms. The largest absolute Gasteiger partial charge is 0.446 e. The number of primary amides is 1. The molecule has 1 saturated carbocycles. The van der Waals surface area contributed by atoms with E-state index in [0.29, 0.717) is 30.5 Å². The predicted octanol–water partition coefficient (Wildman–Crippen LogP) is 3.26. The second kappa shape index (κ2) is 7.70. The van der Waals surface area contributed by atoms with Crippen molar-refractivity contribution in [1.82, 2.24) is 14.5 Å². The van der Waals surface area contributed by atoms with E-state index in [4.69, 9.17) is 10.5 Å². The fourth-order valence-electron chi connectivity index (χ4n) is 4.44. The number of ether oxygens (including phenoxy) is 1. The molecular formula is C21H26FN5O3. The third-order valence-electron chi connectivity index (χ3n) is 5.82. The summed E-state index contributed by atoms with van der Waals surface area (Å²) < 4.78 is 21.7. The molecule has 9 heteroatoms. The fourth-order valence-corrected chi connectivity index (χ4v) is 4.44. The van der Waals surface area contributed by atoms with E-state index in [9.17, 15) is 14.0 Å². The van der Waals surface area contributed by atoms with E-state index in [-0.39, 0.29) is 29.2 Å². The average Bonchev–Trinajstić information content (AvgIpc) is 3.18. The van der Waals surface area contributed by atoms with Crippen molar-refractivity contribution in [2.24, 2.45) is 17.1 Å². The van der Waals surface area contributed by atoms with Crippen molar-refractivity contribution in [3.8, 4) is 11.3 Å². The summed E-state index contributed by atoms with van der Waals surface area (Å²) in [6.45, 7) is 5.06. The number of aromatic nitrogens is 3. The number of hydrogen-bond donors (Lipinski definition) is 2. The topological polar surface area (TPSA) is 112 Å². The fraction of sp³-hybridized carbons (Fsp3) is 0.524. The van der Waals surface area contributed by atoms with Gasteiger partial charge in [0, 0.05) is 24.4 Å². The zero-order valence-electron chi connectivity index (χ0n) is 17.2. The molecule has 0 saturated heterocycles. The van der Waals surface area contributed by atoms with Crippen LogP contribution in [0, 0.1) is 17.2 Å². The minimum Gasteiger partial charge on any atom is -0.446 e. The molecule has 8 nitrogen and oxygen atoms in total. The van der Waals surface area contributed by atoms with E-state index in [0.717, 1.165) is 31.4 Å². The molecule has 3 N–H and O–H groups in total. The number of nitrogens with two attached hydrogens (primary N) is 1. The SMILES string of the molecule is CC1(C)Cc2ncc(-c3cc(NC(=O)[C@H]4CCC[C@@H](OC(N)=O)C4)ncc3F)n2C1. The minimum atomic E-state index is -0.831. The molecule has 2 aromatic heterocycles. The quantitative estimate of drug-likeness (QED) is 0.796. The number of hydrogen-bond acceptors (Lipinski definition) is 5. The number of halogens is 1. The van der Waals surface area contributed by atoms with Gasteiger partial charge in [0.15, 0.2) is 5.82 Å². The van der Waals surface area contributed by atoms with Crippen LogP contribution in [0.2, 0.25) is 0 Å². The van der Waals surface area contributed by atoms with E-state index in [1.807, 2.05) is 4.57 Å². The van der Waals surface area contributed by atoms with Crippen molar-refractivity contribution in [3.63, 3.8) is 0 Å². The second-order valence-electron chi connectivity index (χ2n) is 8.95. The summed E-state index contributed by atoms with van der Waals surface area (Å²) in [6, 6.07) is 1.54. The number of imidazole rings is 1. The van der Waals surface area contributed by atoms with Gasteiger partial charge in [0.1, 0.15) is 17.7 Å². The molecule has 0 radical (unpaired) electrons. The molecular weight excluding hydrogens is 389 g/mol. The molecule has 2 amide bonds. The van der Waals surface area contributed by atoms with Crippen LogP contribution in [0.25, 0.3) is 11.3 Å². The Morgan fingerprint density at radius 1 is 1.30 bits per heavy atom. The van der Waals surface area contributed by atoms with Gasteiger partial charge in [-0.15, -0.1) is 0 Å². The third-order valence-corrected chi connectivity index (χ3v) is 5.82. The van der Waals surface area contributed by atoms with Crippen molar-refractivity contribution in [2.75, 3.05) is 5.32 Å². The number of pyridine rings is 1. The normalized spacial score (nSPS) is 22.4. The van der Waals surface area contributed by atoms with E-state index in [1.165, 1.54) is 0 Å². The van der Waals surface area contributed by atoms with Crippen LogP contribution in [0.3, 0.4) is 0 Å². The number of carbonyl (C=O) groups excluding carboxylic acids is 2. The average molecular weight is 415 g/mol. The standard InChI is InChI=1S/C21H26FN5O3/c1-21(2)8-18-25-10-16(27(18)11-21)14-7-17(24-9-15(14)22)26-19(28)12-4-3-5-13(6-12)30-20(23)29/h7,9-10,12-13H,3-6,8,11H2,1-2H3,(H2,23,29)(H,24,26,28)/t12-,13+/m0/s1. The lowest BCUT2D eigenvalue weighted by molar-refractivity contribution is -0.122. The van der Waals surface area contributed by atoms with E-state index < -0.39 is 11.9 Å². The van der Waals surface area contributed by atoms with Crippen molar-refractivity contribution in [3.05, 3.63) is 30.1 Å². The first-order valence-electron chi connectivity index (χ1n) is 10.2. The summed E-state index contributed by atoms with van der Waals surface area (Å²) in [5, 5.41) is 2.78. The summed E-state index contributed by atoms with van der Waals surface area (Å²) in [6.07, 6.45) is 4.97. The van der Waals surface area contributed by atoms with Gasteiger partial charge in [-0.25, -0.2) is 19.2 Å². The Bertz CT molecular complexity index is 987. The van der Waals surface area contributed by atoms with Crippen LogP contribution >= 0.6 is 0 Å². The van der Waals surface area contributed by atoms with Gasteiger partial charge in [-0.1, -0.05) is 13.8 Å². The first-order valence-corrected chi connectivity index (χ1v) is 10.2. The third kappa shape index (κ3) is 4.15. The molecule has 0 aromatic carbocycles. The molecule has 1 aliphatic carbocycles. The Hall–Kier alpha value is -2.97. The predicted molar refractivity (Wildman–Crippen MR) is 108 cm³/mol. The highest BCUT2D eigenvalue weighted by Gasteiger charge is 2.32. The molecule has 2 atom stereocenters. The zero-order chi connectivity index (χ0) is 21.5. The Balaban J connectivity index is 1.51. The molecule has 3 heterocycles. The van der Waals surface area contributed by atoms with E-state index in [1.54, 1.807) is 12.3 Å². The van der Waals surface area contributed by atoms with Crippen molar-refractivity contribution < 1.29 is 18.7 Å². The van der Waals surface area contributed by atoms with Crippen LogP contribution in [-0.2, 0) is 22.5 Å². The number of fused-ring (bicyclic) bond motifs is 1. The lowest BCUT2D eigenvalue weighted by Crippen LogP contribution is -2.33. The Labute approximate surface area is 174 Å². The molecule has 0 spiro atoms. The van der Waals surface area contributed by atoms with Crippen LogP contribution in [0.15, 0.2) is 18.5 Å². The maximum Gasteiger partial charge on any atom is 0.404 e. The van der Waals surface area contributed by atoms with Crippen LogP contribution in [0.5, 0.6) is 0 Å². The van der Waals surface area contributed by atoms with E-state index >= 15 is 0 Å².